The molecule has 0 aliphatic heterocycles. The van der Waals surface area contributed by atoms with Crippen LogP contribution in [0.2, 0.25) is 0 Å². The van der Waals surface area contributed by atoms with E-state index in [0.717, 1.165) is 5.56 Å². The molecule has 0 aliphatic rings. The molecule has 0 spiro atoms. The van der Waals surface area contributed by atoms with Gasteiger partial charge in [-0.05, 0) is 30.5 Å². The van der Waals surface area contributed by atoms with E-state index in [2.05, 4.69) is 0 Å². The van der Waals surface area contributed by atoms with Crippen molar-refractivity contribution < 1.29 is 9.18 Å². The Balaban J connectivity index is 2.90. The van der Waals surface area contributed by atoms with Gasteiger partial charge in [-0.1, -0.05) is 19.9 Å². The van der Waals surface area contributed by atoms with Crippen LogP contribution in [0.5, 0.6) is 0 Å². The molecule has 14 heavy (non-hydrogen) atoms. The lowest BCUT2D eigenvalue weighted by atomic mass is 10.00. The quantitative estimate of drug-likeness (QED) is 0.674. The molecule has 1 aromatic carbocycles. The number of Topliss-reactive ketones (excluding diaryl/α,β-unsaturated/α-hetero) is 1. The van der Waals surface area contributed by atoms with Gasteiger partial charge in [0.05, 0.1) is 5.56 Å². The number of halogens is 1. The summed E-state index contributed by atoms with van der Waals surface area (Å²) in [7, 11) is 0. The first-order valence-corrected chi connectivity index (χ1v) is 4.80. The van der Waals surface area contributed by atoms with Crippen LogP contribution in [0.4, 0.5) is 4.39 Å². The first-order chi connectivity index (χ1) is 6.50. The number of carbonyl (C=O) groups is 1. The minimum atomic E-state index is -0.407. The van der Waals surface area contributed by atoms with Crippen molar-refractivity contribution >= 4 is 5.78 Å². The minimum Gasteiger partial charge on any atom is -0.294 e. The third-order valence-corrected chi connectivity index (χ3v) is 2.02. The monoisotopic (exact) mass is 194 g/mol. The molecule has 0 aliphatic carbocycles. The van der Waals surface area contributed by atoms with Crippen LogP contribution < -0.4 is 0 Å². The van der Waals surface area contributed by atoms with Gasteiger partial charge in [0.15, 0.2) is 5.78 Å². The van der Waals surface area contributed by atoms with E-state index in [-0.39, 0.29) is 17.3 Å². The molecule has 0 bridgehead atoms. The van der Waals surface area contributed by atoms with E-state index in [9.17, 15) is 9.18 Å². The summed E-state index contributed by atoms with van der Waals surface area (Å²) >= 11 is 0. The van der Waals surface area contributed by atoms with E-state index < -0.39 is 5.82 Å². The van der Waals surface area contributed by atoms with E-state index in [0.29, 0.717) is 6.42 Å². The van der Waals surface area contributed by atoms with Crippen molar-refractivity contribution in [3.8, 4) is 0 Å². The Hall–Kier alpha value is -1.18. The molecule has 0 heterocycles. The Kier molecular flexibility index (Phi) is 3.39. The number of aryl methyl sites for hydroxylation is 1. The van der Waals surface area contributed by atoms with Gasteiger partial charge in [-0.2, -0.15) is 0 Å². The Morgan fingerprint density at radius 3 is 2.57 bits per heavy atom. The van der Waals surface area contributed by atoms with Crippen molar-refractivity contribution in [1.82, 2.24) is 0 Å². The van der Waals surface area contributed by atoms with Gasteiger partial charge < -0.3 is 0 Å². The lowest BCUT2D eigenvalue weighted by Crippen LogP contribution is -2.06. The van der Waals surface area contributed by atoms with Crippen LogP contribution in [0.25, 0.3) is 0 Å². The molecule has 1 rings (SSSR count). The van der Waals surface area contributed by atoms with Gasteiger partial charge in [0.1, 0.15) is 5.82 Å². The highest BCUT2D eigenvalue weighted by Crippen LogP contribution is 2.14. The normalized spacial score (nSPS) is 10.6. The zero-order valence-electron chi connectivity index (χ0n) is 8.80. The van der Waals surface area contributed by atoms with Crippen LogP contribution in [0, 0.1) is 18.7 Å². The molecule has 1 nitrogen and oxygen atoms in total. The highest BCUT2D eigenvalue weighted by molar-refractivity contribution is 5.96. The fourth-order valence-electron chi connectivity index (χ4n) is 1.33. The minimum absolute atomic E-state index is 0.113. The highest BCUT2D eigenvalue weighted by atomic mass is 19.1. The molecule has 0 radical (unpaired) electrons. The van der Waals surface area contributed by atoms with Gasteiger partial charge in [0.2, 0.25) is 0 Å². The standard InChI is InChI=1S/C12H15FO/c1-8(2)6-12(14)10-5-4-9(3)7-11(10)13/h4-5,7-8H,6H2,1-3H3. The fourth-order valence-corrected chi connectivity index (χ4v) is 1.33. The van der Waals surface area contributed by atoms with Crippen molar-refractivity contribution in [3.05, 3.63) is 35.1 Å². The maximum Gasteiger partial charge on any atom is 0.166 e. The topological polar surface area (TPSA) is 17.1 Å². The van der Waals surface area contributed by atoms with Gasteiger partial charge >= 0.3 is 0 Å². The summed E-state index contributed by atoms with van der Waals surface area (Å²) in [4.78, 5) is 11.5. The van der Waals surface area contributed by atoms with Gasteiger partial charge in [-0.25, -0.2) is 4.39 Å². The van der Waals surface area contributed by atoms with Crippen molar-refractivity contribution in [2.24, 2.45) is 5.92 Å². The van der Waals surface area contributed by atoms with Gasteiger partial charge in [0, 0.05) is 6.42 Å². The fraction of sp³-hybridized carbons (Fsp3) is 0.417. The van der Waals surface area contributed by atoms with Gasteiger partial charge in [-0.15, -0.1) is 0 Å². The SMILES string of the molecule is Cc1ccc(C(=O)CC(C)C)c(F)c1. The number of hydrogen-bond donors (Lipinski definition) is 0. The summed E-state index contributed by atoms with van der Waals surface area (Å²) in [5.41, 5.74) is 1.05. The molecular formula is C12H15FO. The van der Waals surface area contributed by atoms with Crippen molar-refractivity contribution in [1.29, 1.82) is 0 Å². The largest absolute Gasteiger partial charge is 0.294 e. The summed E-state index contributed by atoms with van der Waals surface area (Å²) in [6, 6.07) is 4.72. The van der Waals surface area contributed by atoms with Crippen LogP contribution in [-0.4, -0.2) is 5.78 Å². The molecule has 0 N–H and O–H groups in total. The van der Waals surface area contributed by atoms with Crippen molar-refractivity contribution in [3.63, 3.8) is 0 Å². The van der Waals surface area contributed by atoms with Crippen LogP contribution >= 0.6 is 0 Å². The third kappa shape index (κ3) is 2.66. The van der Waals surface area contributed by atoms with E-state index in [4.69, 9.17) is 0 Å². The molecule has 1 aromatic rings. The smallest absolute Gasteiger partial charge is 0.166 e. The van der Waals surface area contributed by atoms with Crippen LogP contribution in [0.3, 0.4) is 0 Å². The molecule has 76 valence electrons. The second kappa shape index (κ2) is 4.36. The number of rotatable bonds is 3. The molecule has 0 atom stereocenters. The van der Waals surface area contributed by atoms with Crippen molar-refractivity contribution in [2.45, 2.75) is 27.2 Å². The Morgan fingerprint density at radius 1 is 1.43 bits per heavy atom. The summed E-state index contributed by atoms with van der Waals surface area (Å²) in [5.74, 6) is -0.253. The maximum absolute atomic E-state index is 13.3. The molecule has 0 saturated heterocycles. The summed E-state index contributed by atoms with van der Waals surface area (Å²) in [6.45, 7) is 5.70. The molecule has 0 fully saturated rings. The number of carbonyl (C=O) groups excluding carboxylic acids is 1. The predicted octanol–water partition coefficient (Wildman–Crippen LogP) is 3.36. The lowest BCUT2D eigenvalue weighted by Gasteiger charge is -2.05. The third-order valence-electron chi connectivity index (χ3n) is 2.02. The van der Waals surface area contributed by atoms with E-state index in [1.54, 1.807) is 19.1 Å². The van der Waals surface area contributed by atoms with Crippen LogP contribution in [-0.2, 0) is 0 Å². The number of benzene rings is 1. The first-order valence-electron chi connectivity index (χ1n) is 4.80. The molecule has 0 aromatic heterocycles. The van der Waals surface area contributed by atoms with E-state index >= 15 is 0 Å². The second-order valence-corrected chi connectivity index (χ2v) is 4.00. The van der Waals surface area contributed by atoms with E-state index in [1.165, 1.54) is 6.07 Å². The van der Waals surface area contributed by atoms with E-state index in [1.807, 2.05) is 13.8 Å². The zero-order valence-corrected chi connectivity index (χ0v) is 8.80. The van der Waals surface area contributed by atoms with Crippen LogP contribution in [0.15, 0.2) is 18.2 Å². The summed E-state index contributed by atoms with van der Waals surface area (Å²) < 4.78 is 13.3. The Bertz CT molecular complexity index is 342. The second-order valence-electron chi connectivity index (χ2n) is 4.00. The lowest BCUT2D eigenvalue weighted by molar-refractivity contribution is 0.0964. The van der Waals surface area contributed by atoms with Gasteiger partial charge in [-0.3, -0.25) is 4.79 Å². The average Bonchev–Trinajstić information content (AvgIpc) is 2.01. The molecular weight excluding hydrogens is 179 g/mol. The maximum atomic E-state index is 13.3. The molecule has 0 unspecified atom stereocenters. The van der Waals surface area contributed by atoms with Crippen molar-refractivity contribution in [2.75, 3.05) is 0 Å². The molecule has 2 heteroatoms. The highest BCUT2D eigenvalue weighted by Gasteiger charge is 2.12. The summed E-state index contributed by atoms with van der Waals surface area (Å²) in [5, 5.41) is 0. The Morgan fingerprint density at radius 2 is 2.07 bits per heavy atom. The average molecular weight is 194 g/mol. The van der Waals surface area contributed by atoms with Crippen LogP contribution in [0.1, 0.15) is 36.2 Å². The zero-order chi connectivity index (χ0) is 10.7. The van der Waals surface area contributed by atoms with Gasteiger partial charge in [0.25, 0.3) is 0 Å². The Labute approximate surface area is 83.9 Å². The first kappa shape index (κ1) is 10.9. The molecule has 0 saturated carbocycles. The number of hydrogen-bond acceptors (Lipinski definition) is 1. The number of ketones is 1. The molecule has 0 amide bonds. The predicted molar refractivity (Wildman–Crippen MR) is 54.9 cm³/mol. The summed E-state index contributed by atoms with van der Waals surface area (Å²) in [6.07, 6.45) is 0.403.